The van der Waals surface area contributed by atoms with Crippen molar-refractivity contribution in [1.29, 1.82) is 0 Å². The fraction of sp³-hybridized carbons (Fsp3) is 0.609. The Kier molecular flexibility index (Phi) is 12.7. The second-order valence-corrected chi connectivity index (χ2v) is 22.7. The van der Waals surface area contributed by atoms with E-state index < -0.39 is 80.2 Å². The van der Waals surface area contributed by atoms with E-state index >= 15 is 4.79 Å². The van der Waals surface area contributed by atoms with Crippen LogP contribution in [0.5, 0.6) is 11.6 Å². The number of nitrogens with zero attached hydrogens (tertiary/aromatic N) is 4. The van der Waals surface area contributed by atoms with Crippen molar-refractivity contribution in [2.75, 3.05) is 13.7 Å². The molecule has 0 bridgehead atoms. The molecule has 3 aromatic rings. The molecular formula is C46H62N6O9S2. The molecule has 2 aliphatic carbocycles. The van der Waals surface area contributed by atoms with Crippen LogP contribution in [0, 0.1) is 17.8 Å². The maximum atomic E-state index is 15.4. The summed E-state index contributed by atoms with van der Waals surface area (Å²) in [6.45, 7) is 15.5. The van der Waals surface area contributed by atoms with Crippen molar-refractivity contribution in [3.8, 4) is 22.2 Å². The maximum absolute atomic E-state index is 15.4. The zero-order valence-electron chi connectivity index (χ0n) is 37.8. The lowest BCUT2D eigenvalue weighted by molar-refractivity contribution is -0.146. The van der Waals surface area contributed by atoms with Crippen molar-refractivity contribution in [1.82, 2.24) is 29.8 Å². The highest BCUT2D eigenvalue weighted by Gasteiger charge is 2.62. The molecule has 2 aromatic heterocycles. The first kappa shape index (κ1) is 46.2. The number of amides is 4. The van der Waals surface area contributed by atoms with Crippen LogP contribution in [0.2, 0.25) is 0 Å². The van der Waals surface area contributed by atoms with Gasteiger partial charge in [0.15, 0.2) is 0 Å². The third-order valence-electron chi connectivity index (χ3n) is 13.0. The van der Waals surface area contributed by atoms with Gasteiger partial charge in [0.2, 0.25) is 27.7 Å². The molecule has 1 aromatic carbocycles. The van der Waals surface area contributed by atoms with Crippen LogP contribution in [0.25, 0.3) is 21.3 Å². The third-order valence-corrected chi connectivity index (χ3v) is 15.7. The van der Waals surface area contributed by atoms with Crippen molar-refractivity contribution < 1.29 is 42.2 Å². The fourth-order valence-corrected chi connectivity index (χ4v) is 11.6. The Morgan fingerprint density at radius 2 is 1.83 bits per heavy atom. The average Bonchev–Trinajstić information content (AvgIpc) is 4.08. The van der Waals surface area contributed by atoms with Gasteiger partial charge in [-0.3, -0.25) is 24.0 Å². The molecule has 4 amide bonds. The van der Waals surface area contributed by atoms with Gasteiger partial charge in [0, 0.05) is 51.2 Å². The highest BCUT2D eigenvalue weighted by molar-refractivity contribution is 7.91. The van der Waals surface area contributed by atoms with Crippen LogP contribution in [-0.4, -0.2) is 105 Å². The summed E-state index contributed by atoms with van der Waals surface area (Å²) in [5.41, 5.74) is -0.993. The molecule has 7 atom stereocenters. The average molecular weight is 907 g/mol. The van der Waals surface area contributed by atoms with E-state index in [0.717, 1.165) is 28.1 Å². The topological polar surface area (TPSA) is 197 Å². The molecule has 3 N–H and O–H groups in total. The summed E-state index contributed by atoms with van der Waals surface area (Å²) in [6, 6.07) is 3.19. The number of allylic oxidation sites excluding steroid dienone is 1. The minimum atomic E-state index is -3.94. The molecule has 17 heteroatoms. The lowest BCUT2D eigenvalue weighted by atomic mass is 9.82. The van der Waals surface area contributed by atoms with Crippen molar-refractivity contribution in [3.63, 3.8) is 0 Å². The number of fused-ring (bicyclic) bond motifs is 3. The molecule has 2 saturated carbocycles. The number of hydrogen-bond acceptors (Lipinski definition) is 11. The normalized spacial score (nSPS) is 27.6. The van der Waals surface area contributed by atoms with Crippen LogP contribution in [0.3, 0.4) is 0 Å². The summed E-state index contributed by atoms with van der Waals surface area (Å²) < 4.78 is 40.6. The molecule has 342 valence electrons. The van der Waals surface area contributed by atoms with Crippen LogP contribution in [-0.2, 0) is 29.8 Å². The van der Waals surface area contributed by atoms with Crippen LogP contribution in [0.1, 0.15) is 112 Å². The molecule has 63 heavy (non-hydrogen) atoms. The van der Waals surface area contributed by atoms with Gasteiger partial charge in [0.05, 0.1) is 24.6 Å². The summed E-state index contributed by atoms with van der Waals surface area (Å²) in [7, 11) is -2.36. The van der Waals surface area contributed by atoms with E-state index in [-0.39, 0.29) is 36.6 Å². The molecule has 3 fully saturated rings. The number of carbonyl (C=O) groups excluding carboxylic acids is 3. The highest BCUT2D eigenvalue weighted by Crippen LogP contribution is 2.47. The molecule has 15 nitrogen and oxygen atoms in total. The number of rotatable bonds is 9. The maximum Gasteiger partial charge on any atom is 0.408 e. The predicted molar refractivity (Wildman–Crippen MR) is 241 cm³/mol. The minimum Gasteiger partial charge on any atom is -0.497 e. The first-order chi connectivity index (χ1) is 29.6. The lowest BCUT2D eigenvalue weighted by Gasteiger charge is -2.44. The summed E-state index contributed by atoms with van der Waals surface area (Å²) in [6.07, 6.45) is 7.00. The number of nitrogens with one attached hydrogen (secondary N) is 2. The minimum absolute atomic E-state index is 0.0127. The number of carboxylic acid groups (broad SMARTS) is 1. The number of pyridine rings is 1. The second kappa shape index (κ2) is 17.3. The van der Waals surface area contributed by atoms with Crippen LogP contribution in [0.15, 0.2) is 41.9 Å². The molecule has 4 aliphatic rings. The van der Waals surface area contributed by atoms with E-state index in [4.69, 9.17) is 19.4 Å². The Balaban J connectivity index is 1.29. The van der Waals surface area contributed by atoms with Gasteiger partial charge in [0.25, 0.3) is 5.91 Å². The van der Waals surface area contributed by atoms with Crippen molar-refractivity contribution in [2.24, 2.45) is 17.8 Å². The molecule has 0 radical (unpaired) electrons. The monoisotopic (exact) mass is 906 g/mol. The molecule has 2 aliphatic heterocycles. The summed E-state index contributed by atoms with van der Waals surface area (Å²) in [4.78, 5) is 69.8. The number of carbonyl (C=O) groups is 4. The zero-order valence-corrected chi connectivity index (χ0v) is 39.4. The van der Waals surface area contributed by atoms with Crippen LogP contribution >= 0.6 is 11.3 Å². The van der Waals surface area contributed by atoms with Crippen LogP contribution < -0.4 is 19.5 Å². The Morgan fingerprint density at radius 1 is 1.10 bits per heavy atom. The van der Waals surface area contributed by atoms with Gasteiger partial charge in [-0.2, -0.15) is 0 Å². The number of hydrogen-bond donors (Lipinski definition) is 3. The van der Waals surface area contributed by atoms with Gasteiger partial charge < -0.3 is 24.8 Å². The van der Waals surface area contributed by atoms with Crippen molar-refractivity contribution in [3.05, 3.63) is 47.6 Å². The van der Waals surface area contributed by atoms with Gasteiger partial charge in [-0.15, -0.1) is 11.3 Å². The first-order valence-corrected chi connectivity index (χ1v) is 24.5. The molecule has 0 unspecified atom stereocenters. The number of benzene rings is 1. The summed E-state index contributed by atoms with van der Waals surface area (Å²) in [5.74, 6) is -1.90. The van der Waals surface area contributed by atoms with Gasteiger partial charge in [-0.1, -0.05) is 53.2 Å². The fourth-order valence-electron chi connectivity index (χ4n) is 9.14. The quantitative estimate of drug-likeness (QED) is 0.186. The SMILES string of the molecule is CC[C@@H]1C[C@H](C)CC/C=C\[C@@H]2C[C@@]2(C(=O)NS(=O)(=O)C2CC2)NC(=O)[C@@H]2C[C@@H](Oc3ncc(-c4nc(C(C)(C)C)cs4)c4cc(OC)ccc34)CN2C(=O)[C@H]1N(C(=O)O)C(C)(C)C. The van der Waals surface area contributed by atoms with E-state index in [0.29, 0.717) is 43.2 Å². The summed E-state index contributed by atoms with van der Waals surface area (Å²) >= 11 is 1.51. The van der Waals surface area contributed by atoms with Gasteiger partial charge in [-0.05, 0) is 89.3 Å². The van der Waals surface area contributed by atoms with E-state index in [9.17, 15) is 27.9 Å². The second-order valence-electron chi connectivity index (χ2n) is 19.9. The predicted octanol–water partition coefficient (Wildman–Crippen LogP) is 7.05. The number of ether oxygens (including phenoxy) is 2. The number of methoxy groups -OCH3 is 1. The highest BCUT2D eigenvalue weighted by atomic mass is 32.2. The molecule has 1 saturated heterocycles. The number of sulfonamides is 1. The van der Waals surface area contributed by atoms with E-state index in [1.54, 1.807) is 40.1 Å². The summed E-state index contributed by atoms with van der Waals surface area (Å²) in [5, 5.41) is 17.3. The Morgan fingerprint density at radius 3 is 2.44 bits per heavy atom. The van der Waals surface area contributed by atoms with E-state index in [2.05, 4.69) is 37.7 Å². The third kappa shape index (κ3) is 9.55. The van der Waals surface area contributed by atoms with Gasteiger partial charge in [0.1, 0.15) is 34.5 Å². The Hall–Kier alpha value is -4.77. The van der Waals surface area contributed by atoms with Crippen LogP contribution in [0.4, 0.5) is 4.79 Å². The zero-order chi connectivity index (χ0) is 45.8. The van der Waals surface area contributed by atoms with E-state index in [1.165, 1.54) is 21.1 Å². The molecular weight excluding hydrogens is 845 g/mol. The lowest BCUT2D eigenvalue weighted by Crippen LogP contribution is -2.62. The smallest absolute Gasteiger partial charge is 0.408 e. The standard InChI is InChI=1S/C46H62N6O9S2/c1-10-27-19-26(2)13-11-12-14-28-22-46(28,42(55)50-63(58,59)31-16-17-31)49-38(53)35-21-30(24-51(35)41(54)37(27)52(43(56)57)45(6,7)8)61-39-32-18-15-29(60-9)20-33(32)34(23-47-39)40-48-36(25-62-40)44(3,4)5/h12,14-15,18,20,23,25-28,30-31,35,37H,10-11,13,16-17,19,21-22,24H2,1-9H3,(H,49,53)(H,50,55)(H,56,57)/b14-12-/t26-,27-,28-,30-,35+,37+,46-/m1/s1. The first-order valence-electron chi connectivity index (χ1n) is 22.0. The molecule has 0 spiro atoms. The number of aromatic nitrogens is 2. The van der Waals surface area contributed by atoms with E-state index in [1.807, 2.05) is 36.6 Å². The molecule has 4 heterocycles. The van der Waals surface area contributed by atoms with Gasteiger partial charge in [-0.25, -0.2) is 23.2 Å². The van der Waals surface area contributed by atoms with Crippen molar-refractivity contribution >= 4 is 55.9 Å². The van der Waals surface area contributed by atoms with Gasteiger partial charge >= 0.3 is 6.09 Å². The molecule has 7 rings (SSSR count). The number of thiazole rings is 1. The largest absolute Gasteiger partial charge is 0.497 e. The van der Waals surface area contributed by atoms with Crippen molar-refractivity contribution in [2.45, 2.75) is 147 Å². The Bertz CT molecular complexity index is 2400. The Labute approximate surface area is 374 Å².